The number of esters is 1. The van der Waals surface area contributed by atoms with Crippen molar-refractivity contribution in [1.82, 2.24) is 4.98 Å². The number of hydrogen-bond donors (Lipinski definition) is 0. The second-order valence-electron chi connectivity index (χ2n) is 4.14. The van der Waals surface area contributed by atoms with E-state index in [4.69, 9.17) is 4.74 Å². The van der Waals surface area contributed by atoms with E-state index in [1.807, 2.05) is 12.1 Å². The van der Waals surface area contributed by atoms with Crippen molar-refractivity contribution in [3.63, 3.8) is 0 Å². The molecule has 0 bridgehead atoms. The fraction of sp³-hybridized carbons (Fsp3) is 0.133. The van der Waals surface area contributed by atoms with Crippen LogP contribution in [0.1, 0.15) is 22.8 Å². The zero-order valence-electron chi connectivity index (χ0n) is 10.4. The van der Waals surface area contributed by atoms with Crippen LogP contribution in [0.15, 0.2) is 54.9 Å². The molecule has 0 aliphatic heterocycles. The summed E-state index contributed by atoms with van der Waals surface area (Å²) in [6.45, 7) is 1.56. The van der Waals surface area contributed by atoms with Gasteiger partial charge in [0, 0.05) is 18.0 Å². The van der Waals surface area contributed by atoms with Gasteiger partial charge in [-0.15, -0.1) is 0 Å². The van der Waals surface area contributed by atoms with Gasteiger partial charge in [-0.05, 0) is 31.2 Å². The fourth-order valence-corrected chi connectivity index (χ4v) is 1.63. The lowest BCUT2D eigenvalue weighted by molar-refractivity contribution is 0.0121. The number of aromatic nitrogens is 1. The highest BCUT2D eigenvalue weighted by Gasteiger charge is 2.31. The van der Waals surface area contributed by atoms with Crippen molar-refractivity contribution in [3.05, 3.63) is 66.0 Å². The van der Waals surface area contributed by atoms with Gasteiger partial charge < -0.3 is 4.74 Å². The standard InChI is InChI=1S/C15H12N2O2/c1-15(11-16,13-7-9-17-10-8-13)19-14(18)12-5-3-2-4-6-12/h2-10H,1H3. The molecule has 4 nitrogen and oxygen atoms in total. The molecule has 0 spiro atoms. The minimum absolute atomic E-state index is 0.415. The Kier molecular flexibility index (Phi) is 3.58. The third-order valence-electron chi connectivity index (χ3n) is 2.75. The molecule has 0 radical (unpaired) electrons. The van der Waals surface area contributed by atoms with Crippen LogP contribution in [-0.4, -0.2) is 11.0 Å². The molecule has 0 aliphatic rings. The van der Waals surface area contributed by atoms with Gasteiger partial charge in [-0.1, -0.05) is 18.2 Å². The predicted octanol–water partition coefficient (Wildman–Crippen LogP) is 2.68. The number of carbonyl (C=O) groups excluding carboxylic acids is 1. The minimum Gasteiger partial charge on any atom is -0.436 e. The van der Waals surface area contributed by atoms with Crippen LogP contribution in [0.3, 0.4) is 0 Å². The van der Waals surface area contributed by atoms with Crippen molar-refractivity contribution in [1.29, 1.82) is 5.26 Å². The lowest BCUT2D eigenvalue weighted by Gasteiger charge is -2.22. The molecule has 0 fully saturated rings. The molecule has 1 atom stereocenters. The maximum Gasteiger partial charge on any atom is 0.339 e. The van der Waals surface area contributed by atoms with E-state index in [0.717, 1.165) is 0 Å². The molecule has 1 aromatic carbocycles. The van der Waals surface area contributed by atoms with Crippen molar-refractivity contribution in [2.24, 2.45) is 0 Å². The second kappa shape index (κ2) is 5.32. The van der Waals surface area contributed by atoms with Gasteiger partial charge in [0.15, 0.2) is 0 Å². The van der Waals surface area contributed by atoms with Crippen molar-refractivity contribution in [2.45, 2.75) is 12.5 Å². The maximum atomic E-state index is 12.0. The molecule has 2 rings (SSSR count). The molecule has 1 unspecified atom stereocenters. The summed E-state index contributed by atoms with van der Waals surface area (Å²) in [6, 6.07) is 13.9. The summed E-state index contributed by atoms with van der Waals surface area (Å²) in [5.41, 5.74) is -0.317. The van der Waals surface area contributed by atoms with E-state index in [1.165, 1.54) is 0 Å². The Morgan fingerprint density at radius 3 is 2.42 bits per heavy atom. The van der Waals surface area contributed by atoms with E-state index in [1.54, 1.807) is 55.7 Å². The Morgan fingerprint density at radius 1 is 1.21 bits per heavy atom. The number of hydrogen-bond acceptors (Lipinski definition) is 4. The summed E-state index contributed by atoms with van der Waals surface area (Å²) in [4.78, 5) is 15.9. The number of carbonyl (C=O) groups is 1. The van der Waals surface area contributed by atoms with Gasteiger partial charge >= 0.3 is 5.97 Å². The van der Waals surface area contributed by atoms with Gasteiger partial charge in [-0.2, -0.15) is 5.26 Å². The van der Waals surface area contributed by atoms with Gasteiger partial charge in [-0.3, -0.25) is 4.98 Å². The Balaban J connectivity index is 2.26. The third-order valence-corrected chi connectivity index (χ3v) is 2.75. The fourth-order valence-electron chi connectivity index (χ4n) is 1.63. The highest BCUT2D eigenvalue weighted by molar-refractivity contribution is 5.89. The van der Waals surface area contributed by atoms with Crippen LogP contribution >= 0.6 is 0 Å². The quantitative estimate of drug-likeness (QED) is 0.788. The second-order valence-corrected chi connectivity index (χ2v) is 4.14. The van der Waals surface area contributed by atoms with Crippen molar-refractivity contribution in [3.8, 4) is 6.07 Å². The Hall–Kier alpha value is -2.67. The number of pyridine rings is 1. The molecule has 0 amide bonds. The number of benzene rings is 1. The molecular formula is C15H12N2O2. The molecule has 1 aromatic heterocycles. The first-order valence-electron chi connectivity index (χ1n) is 5.76. The van der Waals surface area contributed by atoms with Crippen LogP contribution in [0.25, 0.3) is 0 Å². The molecule has 0 saturated carbocycles. The molecule has 19 heavy (non-hydrogen) atoms. The Labute approximate surface area is 111 Å². The minimum atomic E-state index is -1.32. The Bertz CT molecular complexity index is 605. The lowest BCUT2D eigenvalue weighted by Crippen LogP contribution is -2.27. The van der Waals surface area contributed by atoms with Crippen LogP contribution in [0.2, 0.25) is 0 Å². The van der Waals surface area contributed by atoms with Gasteiger partial charge in [0.2, 0.25) is 5.60 Å². The molecule has 4 heteroatoms. The summed E-state index contributed by atoms with van der Waals surface area (Å²) in [7, 11) is 0. The van der Waals surface area contributed by atoms with Crippen LogP contribution in [0, 0.1) is 11.3 Å². The topological polar surface area (TPSA) is 63.0 Å². The normalized spacial score (nSPS) is 13.1. The molecule has 0 N–H and O–H groups in total. The number of nitrogens with zero attached hydrogens (tertiary/aromatic N) is 2. The van der Waals surface area contributed by atoms with E-state index in [9.17, 15) is 10.1 Å². The number of nitriles is 1. The number of ether oxygens (including phenoxy) is 1. The maximum absolute atomic E-state index is 12.0. The zero-order chi connectivity index (χ0) is 13.7. The van der Waals surface area contributed by atoms with Crippen molar-refractivity contribution in [2.75, 3.05) is 0 Å². The third kappa shape index (κ3) is 2.78. The van der Waals surface area contributed by atoms with E-state index >= 15 is 0 Å². The molecule has 0 saturated heterocycles. The molecule has 0 aliphatic carbocycles. The largest absolute Gasteiger partial charge is 0.436 e. The zero-order valence-corrected chi connectivity index (χ0v) is 10.4. The van der Waals surface area contributed by atoms with Gasteiger partial charge in [0.25, 0.3) is 0 Å². The molecule has 94 valence electrons. The average molecular weight is 252 g/mol. The first kappa shape index (κ1) is 12.8. The SMILES string of the molecule is CC(C#N)(OC(=O)c1ccccc1)c1ccncc1. The first-order chi connectivity index (χ1) is 9.15. The smallest absolute Gasteiger partial charge is 0.339 e. The predicted molar refractivity (Wildman–Crippen MR) is 69.1 cm³/mol. The Morgan fingerprint density at radius 2 is 1.84 bits per heavy atom. The van der Waals surface area contributed by atoms with Crippen LogP contribution in [0.5, 0.6) is 0 Å². The summed E-state index contributed by atoms with van der Waals surface area (Å²) >= 11 is 0. The van der Waals surface area contributed by atoms with E-state index in [0.29, 0.717) is 11.1 Å². The summed E-state index contributed by atoms with van der Waals surface area (Å²) in [5, 5.41) is 9.29. The monoisotopic (exact) mass is 252 g/mol. The lowest BCUT2D eigenvalue weighted by atomic mass is 9.98. The van der Waals surface area contributed by atoms with Crippen molar-refractivity contribution >= 4 is 5.97 Å². The van der Waals surface area contributed by atoms with Gasteiger partial charge in [0.1, 0.15) is 6.07 Å². The number of rotatable bonds is 3. The molecule has 1 heterocycles. The average Bonchev–Trinajstić information content (AvgIpc) is 2.49. The van der Waals surface area contributed by atoms with Crippen molar-refractivity contribution < 1.29 is 9.53 Å². The van der Waals surface area contributed by atoms with Gasteiger partial charge in [0.05, 0.1) is 5.56 Å². The first-order valence-corrected chi connectivity index (χ1v) is 5.76. The summed E-state index contributed by atoms with van der Waals surface area (Å²) in [6.07, 6.45) is 3.11. The van der Waals surface area contributed by atoms with E-state index in [2.05, 4.69) is 4.98 Å². The van der Waals surface area contributed by atoms with Crippen LogP contribution in [0.4, 0.5) is 0 Å². The highest BCUT2D eigenvalue weighted by Crippen LogP contribution is 2.25. The summed E-state index contributed by atoms with van der Waals surface area (Å²) < 4.78 is 5.33. The molecule has 2 aromatic rings. The van der Waals surface area contributed by atoms with E-state index < -0.39 is 11.6 Å². The van der Waals surface area contributed by atoms with E-state index in [-0.39, 0.29) is 0 Å². The molecular weight excluding hydrogens is 240 g/mol. The van der Waals surface area contributed by atoms with Gasteiger partial charge in [-0.25, -0.2) is 4.79 Å². The van der Waals surface area contributed by atoms with Crippen LogP contribution < -0.4 is 0 Å². The summed E-state index contributed by atoms with van der Waals surface area (Å²) in [5.74, 6) is -0.526. The highest BCUT2D eigenvalue weighted by atomic mass is 16.6. The van der Waals surface area contributed by atoms with Crippen LogP contribution in [-0.2, 0) is 10.3 Å².